The second kappa shape index (κ2) is 10.8. The fourth-order valence-electron chi connectivity index (χ4n) is 2.59. The van der Waals surface area contributed by atoms with Crippen LogP contribution in [0.25, 0.3) is 0 Å². The molecule has 0 saturated heterocycles. The molecule has 0 unspecified atom stereocenters. The van der Waals surface area contributed by atoms with Gasteiger partial charge in [0.25, 0.3) is 5.91 Å². The van der Waals surface area contributed by atoms with E-state index in [1.807, 2.05) is 51.1 Å². The molecule has 0 heterocycles. The number of carbonyl (C=O) groups excluding carboxylic acids is 2. The van der Waals surface area contributed by atoms with Gasteiger partial charge in [-0.25, -0.2) is 0 Å². The molecular formula is C22H28N2O2S. The lowest BCUT2D eigenvalue weighted by atomic mass is 10.0. The van der Waals surface area contributed by atoms with Crippen LogP contribution in [0.3, 0.4) is 0 Å². The third kappa shape index (κ3) is 7.10. The Bertz CT molecular complexity index is 730. The Kier molecular flexibility index (Phi) is 8.40. The standard InChI is InChI=1S/C22H28N2O2S/c1-16(2)20(24-21(25)19-11-9-17(3)10-12-19)22(26)23-13-14-27-15-18-7-5-4-6-8-18/h4-12,16,20H,13-15H2,1-3H3,(H,23,26)(H,24,25)/t20-/m0/s1. The van der Waals surface area contributed by atoms with Crippen molar-refractivity contribution in [3.63, 3.8) is 0 Å². The molecule has 0 bridgehead atoms. The minimum absolute atomic E-state index is 0.0105. The van der Waals surface area contributed by atoms with Crippen molar-refractivity contribution in [3.8, 4) is 0 Å². The van der Waals surface area contributed by atoms with E-state index < -0.39 is 6.04 Å². The van der Waals surface area contributed by atoms with Crippen molar-refractivity contribution < 1.29 is 9.59 Å². The number of amides is 2. The summed E-state index contributed by atoms with van der Waals surface area (Å²) in [6.07, 6.45) is 0. The summed E-state index contributed by atoms with van der Waals surface area (Å²) < 4.78 is 0. The van der Waals surface area contributed by atoms with Crippen molar-refractivity contribution in [1.29, 1.82) is 0 Å². The Morgan fingerprint density at radius 2 is 1.67 bits per heavy atom. The number of nitrogens with one attached hydrogen (secondary N) is 2. The molecule has 2 aromatic carbocycles. The van der Waals surface area contributed by atoms with E-state index in [0.717, 1.165) is 17.1 Å². The zero-order valence-corrected chi connectivity index (χ0v) is 17.0. The molecule has 0 spiro atoms. The van der Waals surface area contributed by atoms with E-state index in [9.17, 15) is 9.59 Å². The van der Waals surface area contributed by atoms with Gasteiger partial charge >= 0.3 is 0 Å². The minimum atomic E-state index is -0.544. The lowest BCUT2D eigenvalue weighted by Crippen LogP contribution is -2.50. The molecule has 2 N–H and O–H groups in total. The third-order valence-corrected chi connectivity index (χ3v) is 5.24. The molecule has 0 aromatic heterocycles. The quantitative estimate of drug-likeness (QED) is 0.647. The number of carbonyl (C=O) groups is 2. The number of thioether (sulfide) groups is 1. The van der Waals surface area contributed by atoms with Gasteiger partial charge in [-0.2, -0.15) is 11.8 Å². The molecule has 1 atom stereocenters. The maximum atomic E-state index is 12.5. The second-order valence-corrected chi connectivity index (χ2v) is 8.00. The van der Waals surface area contributed by atoms with Gasteiger partial charge in [0.15, 0.2) is 0 Å². The van der Waals surface area contributed by atoms with E-state index in [2.05, 4.69) is 22.8 Å². The van der Waals surface area contributed by atoms with E-state index in [4.69, 9.17) is 0 Å². The first-order valence-corrected chi connectivity index (χ1v) is 10.4. The molecule has 144 valence electrons. The highest BCUT2D eigenvalue weighted by molar-refractivity contribution is 7.98. The van der Waals surface area contributed by atoms with Gasteiger partial charge in [-0.3, -0.25) is 9.59 Å². The van der Waals surface area contributed by atoms with Gasteiger partial charge in [0.2, 0.25) is 5.91 Å². The van der Waals surface area contributed by atoms with Gasteiger partial charge in [0.1, 0.15) is 6.04 Å². The van der Waals surface area contributed by atoms with Crippen LogP contribution in [0, 0.1) is 12.8 Å². The van der Waals surface area contributed by atoms with Gasteiger partial charge in [-0.05, 0) is 30.5 Å². The number of hydrogen-bond acceptors (Lipinski definition) is 3. The lowest BCUT2D eigenvalue weighted by Gasteiger charge is -2.21. The van der Waals surface area contributed by atoms with Crippen molar-refractivity contribution in [2.75, 3.05) is 12.3 Å². The molecule has 2 rings (SSSR count). The fraction of sp³-hybridized carbons (Fsp3) is 0.364. The lowest BCUT2D eigenvalue weighted by molar-refractivity contribution is -0.123. The van der Waals surface area contributed by atoms with E-state index >= 15 is 0 Å². The molecular weight excluding hydrogens is 356 g/mol. The Morgan fingerprint density at radius 1 is 1.00 bits per heavy atom. The van der Waals surface area contributed by atoms with Gasteiger partial charge < -0.3 is 10.6 Å². The summed E-state index contributed by atoms with van der Waals surface area (Å²) in [6, 6.07) is 17.1. The number of benzene rings is 2. The fourth-order valence-corrected chi connectivity index (χ4v) is 3.40. The van der Waals surface area contributed by atoms with Gasteiger partial charge in [-0.1, -0.05) is 61.9 Å². The van der Waals surface area contributed by atoms with Crippen molar-refractivity contribution in [1.82, 2.24) is 10.6 Å². The summed E-state index contributed by atoms with van der Waals surface area (Å²) >= 11 is 1.78. The van der Waals surface area contributed by atoms with Crippen LogP contribution >= 0.6 is 11.8 Å². The Hall–Kier alpha value is -2.27. The van der Waals surface area contributed by atoms with Crippen molar-refractivity contribution in [2.45, 2.75) is 32.6 Å². The molecule has 0 radical (unpaired) electrons. The Morgan fingerprint density at radius 3 is 2.30 bits per heavy atom. The molecule has 0 fully saturated rings. The average molecular weight is 385 g/mol. The molecule has 5 heteroatoms. The van der Waals surface area contributed by atoms with Gasteiger partial charge in [0, 0.05) is 23.6 Å². The summed E-state index contributed by atoms with van der Waals surface area (Å²) in [5, 5.41) is 5.80. The SMILES string of the molecule is Cc1ccc(C(=O)N[C@H](C(=O)NCCSCc2ccccc2)C(C)C)cc1. The van der Waals surface area contributed by atoms with Crippen molar-refractivity contribution in [3.05, 3.63) is 71.3 Å². The second-order valence-electron chi connectivity index (χ2n) is 6.89. The molecule has 0 aliphatic carbocycles. The Labute approximate surface area is 166 Å². The third-order valence-electron chi connectivity index (χ3n) is 4.21. The highest BCUT2D eigenvalue weighted by Gasteiger charge is 2.24. The molecule has 2 amide bonds. The van der Waals surface area contributed by atoms with Gasteiger partial charge in [0.05, 0.1) is 0 Å². The number of hydrogen-bond donors (Lipinski definition) is 2. The maximum Gasteiger partial charge on any atom is 0.251 e. The van der Waals surface area contributed by atoms with E-state index in [0.29, 0.717) is 12.1 Å². The largest absolute Gasteiger partial charge is 0.353 e. The molecule has 4 nitrogen and oxygen atoms in total. The minimum Gasteiger partial charge on any atom is -0.353 e. The normalized spacial score (nSPS) is 11.9. The monoisotopic (exact) mass is 384 g/mol. The van der Waals surface area contributed by atoms with Crippen molar-refractivity contribution in [2.24, 2.45) is 5.92 Å². The number of aryl methyl sites for hydroxylation is 1. The molecule has 0 saturated carbocycles. The summed E-state index contributed by atoms with van der Waals surface area (Å²) in [4.78, 5) is 24.9. The van der Waals surface area contributed by atoms with Crippen LogP contribution in [-0.4, -0.2) is 30.2 Å². The maximum absolute atomic E-state index is 12.5. The molecule has 27 heavy (non-hydrogen) atoms. The summed E-state index contributed by atoms with van der Waals surface area (Å²) in [7, 11) is 0. The van der Waals surface area contributed by atoms with Crippen LogP contribution in [0.1, 0.15) is 35.3 Å². The van der Waals surface area contributed by atoms with E-state index in [-0.39, 0.29) is 17.7 Å². The zero-order chi connectivity index (χ0) is 19.6. The molecule has 2 aromatic rings. The zero-order valence-electron chi connectivity index (χ0n) is 16.2. The summed E-state index contributed by atoms with van der Waals surface area (Å²) in [5.74, 6) is 1.41. The predicted octanol–water partition coefficient (Wildman–Crippen LogP) is 3.80. The van der Waals surface area contributed by atoms with Gasteiger partial charge in [-0.15, -0.1) is 0 Å². The highest BCUT2D eigenvalue weighted by Crippen LogP contribution is 2.11. The highest BCUT2D eigenvalue weighted by atomic mass is 32.2. The smallest absolute Gasteiger partial charge is 0.251 e. The van der Waals surface area contributed by atoms with Crippen LogP contribution in [0.5, 0.6) is 0 Å². The number of rotatable bonds is 9. The van der Waals surface area contributed by atoms with E-state index in [1.165, 1.54) is 5.56 Å². The first-order chi connectivity index (χ1) is 13.0. The molecule has 0 aliphatic rings. The topological polar surface area (TPSA) is 58.2 Å². The van der Waals surface area contributed by atoms with Crippen LogP contribution in [0.15, 0.2) is 54.6 Å². The van der Waals surface area contributed by atoms with Crippen LogP contribution in [0.2, 0.25) is 0 Å². The predicted molar refractivity (Wildman–Crippen MR) is 113 cm³/mol. The molecule has 0 aliphatic heterocycles. The Balaban J connectivity index is 1.78. The van der Waals surface area contributed by atoms with E-state index in [1.54, 1.807) is 23.9 Å². The van der Waals surface area contributed by atoms with Crippen LogP contribution in [0.4, 0.5) is 0 Å². The first-order valence-electron chi connectivity index (χ1n) is 9.24. The average Bonchev–Trinajstić information content (AvgIpc) is 2.66. The van der Waals surface area contributed by atoms with Crippen LogP contribution < -0.4 is 10.6 Å². The summed E-state index contributed by atoms with van der Waals surface area (Å²) in [5.41, 5.74) is 2.94. The van der Waals surface area contributed by atoms with Crippen LogP contribution in [-0.2, 0) is 10.5 Å². The first kappa shape index (κ1) is 21.0. The van der Waals surface area contributed by atoms with Crippen molar-refractivity contribution >= 4 is 23.6 Å². The summed E-state index contributed by atoms with van der Waals surface area (Å²) in [6.45, 7) is 6.43.